The van der Waals surface area contributed by atoms with E-state index in [-0.39, 0.29) is 83.1 Å². The van der Waals surface area contributed by atoms with Crippen LogP contribution in [0.4, 0.5) is 0 Å². The van der Waals surface area contributed by atoms with Crippen molar-refractivity contribution in [3.63, 3.8) is 0 Å². The second-order valence-corrected chi connectivity index (χ2v) is 7.08. The fourth-order valence-electron chi connectivity index (χ4n) is 3.24. The van der Waals surface area contributed by atoms with Gasteiger partial charge in [-0.25, -0.2) is 0 Å². The summed E-state index contributed by atoms with van der Waals surface area (Å²) in [7, 11) is 0. The molecule has 146 valence electrons. The van der Waals surface area contributed by atoms with Crippen LogP contribution in [0.25, 0.3) is 0 Å². The van der Waals surface area contributed by atoms with Gasteiger partial charge < -0.3 is 10.2 Å². The fourth-order valence-corrected chi connectivity index (χ4v) is 3.24. The molecule has 0 fully saturated rings. The summed E-state index contributed by atoms with van der Waals surface area (Å²) in [4.78, 5) is 23.1. The standard InChI is InChI=1S/C20H38O4.K.Li.2H/c1-3-5-7-8-9-10-11-12-13-15-17-20(18(21)22,19(23)24)16-14-6-4-2;;;;/h3-17H2,1-2H3,(H,21,22)(H,23,24);;;;. The predicted octanol–water partition coefficient (Wildman–Crippen LogP) is 4.74. The van der Waals surface area contributed by atoms with Crippen LogP contribution in [0.5, 0.6) is 0 Å². The van der Waals surface area contributed by atoms with Gasteiger partial charge in [0.2, 0.25) is 0 Å². The summed E-state index contributed by atoms with van der Waals surface area (Å²) >= 11 is 0. The normalized spacial score (nSPS) is 10.7. The van der Waals surface area contributed by atoms with Crippen molar-refractivity contribution >= 4 is 82.2 Å². The summed E-state index contributed by atoms with van der Waals surface area (Å²) in [6, 6.07) is 0. The minimum absolute atomic E-state index is 0. The molecule has 0 aliphatic heterocycles. The molecular weight excluding hydrogens is 350 g/mol. The number of carboxylic acid groups (broad SMARTS) is 2. The van der Waals surface area contributed by atoms with Gasteiger partial charge in [0, 0.05) is 0 Å². The van der Waals surface area contributed by atoms with E-state index in [2.05, 4.69) is 6.92 Å². The molecule has 0 aromatic carbocycles. The molecular formula is C20H40KLiO4. The van der Waals surface area contributed by atoms with E-state index < -0.39 is 17.4 Å². The zero-order chi connectivity index (χ0) is 18.3. The van der Waals surface area contributed by atoms with Crippen LogP contribution < -0.4 is 0 Å². The van der Waals surface area contributed by atoms with Crippen LogP contribution in [0.2, 0.25) is 0 Å². The quantitative estimate of drug-likeness (QED) is 0.214. The summed E-state index contributed by atoms with van der Waals surface area (Å²) in [5.41, 5.74) is -1.57. The van der Waals surface area contributed by atoms with E-state index in [0.29, 0.717) is 12.8 Å². The van der Waals surface area contributed by atoms with Crippen molar-refractivity contribution in [3.8, 4) is 0 Å². The summed E-state index contributed by atoms with van der Waals surface area (Å²) < 4.78 is 0. The Balaban J connectivity index is -0.00000264. The van der Waals surface area contributed by atoms with Gasteiger partial charge in [0.1, 0.15) is 0 Å². The van der Waals surface area contributed by atoms with E-state index >= 15 is 0 Å². The molecule has 0 saturated carbocycles. The Morgan fingerprint density at radius 3 is 1.23 bits per heavy atom. The van der Waals surface area contributed by atoms with Gasteiger partial charge in [0.05, 0.1) is 0 Å². The number of carboxylic acids is 2. The molecule has 6 heteroatoms. The molecule has 2 N–H and O–H groups in total. The predicted molar refractivity (Wildman–Crippen MR) is 113 cm³/mol. The molecule has 0 aliphatic carbocycles. The Hall–Kier alpha value is 1.17. The van der Waals surface area contributed by atoms with Crippen LogP contribution in [0.1, 0.15) is 110 Å². The monoisotopic (exact) mass is 390 g/mol. The molecule has 0 rings (SSSR count). The minimum atomic E-state index is -1.57. The van der Waals surface area contributed by atoms with Crippen molar-refractivity contribution in [3.05, 3.63) is 0 Å². The number of carbonyl (C=O) groups is 2. The number of aliphatic carboxylic acids is 2. The van der Waals surface area contributed by atoms with Gasteiger partial charge in [0.25, 0.3) is 0 Å². The van der Waals surface area contributed by atoms with Crippen LogP contribution in [0, 0.1) is 5.41 Å². The van der Waals surface area contributed by atoms with Gasteiger partial charge in [-0.2, -0.15) is 0 Å². The molecule has 26 heavy (non-hydrogen) atoms. The zero-order valence-electron chi connectivity index (χ0n) is 15.8. The fraction of sp³-hybridized carbons (Fsp3) is 0.900. The third-order valence-corrected chi connectivity index (χ3v) is 4.98. The summed E-state index contributed by atoms with van der Waals surface area (Å²) in [5.74, 6) is -2.33. The number of hydrogen-bond acceptors (Lipinski definition) is 2. The Bertz CT molecular complexity index is 337. The van der Waals surface area contributed by atoms with Crippen molar-refractivity contribution in [2.24, 2.45) is 5.41 Å². The van der Waals surface area contributed by atoms with Gasteiger partial charge in [-0.3, -0.25) is 9.59 Å². The molecule has 0 aromatic rings. The maximum atomic E-state index is 11.6. The van der Waals surface area contributed by atoms with Gasteiger partial charge >= 0.3 is 82.2 Å². The molecule has 0 saturated heterocycles. The van der Waals surface area contributed by atoms with Crippen molar-refractivity contribution in [2.45, 2.75) is 110 Å². The van der Waals surface area contributed by atoms with Crippen LogP contribution in [0.15, 0.2) is 0 Å². The zero-order valence-corrected chi connectivity index (χ0v) is 15.8. The molecule has 0 unspecified atom stereocenters. The SMILES string of the molecule is CCCCCCCCCCCCC(CCCCC)(C(=O)O)C(=O)O.[KH].[LiH]. The van der Waals surface area contributed by atoms with Crippen LogP contribution in [0.3, 0.4) is 0 Å². The molecule has 0 aliphatic rings. The van der Waals surface area contributed by atoms with Gasteiger partial charge in [-0.15, -0.1) is 0 Å². The van der Waals surface area contributed by atoms with Crippen LogP contribution in [-0.4, -0.2) is 92.4 Å². The van der Waals surface area contributed by atoms with Crippen molar-refractivity contribution in [1.82, 2.24) is 0 Å². The number of rotatable bonds is 17. The Kier molecular flexibility index (Phi) is 25.6. The molecule has 0 spiro atoms. The van der Waals surface area contributed by atoms with Crippen molar-refractivity contribution < 1.29 is 19.8 Å². The van der Waals surface area contributed by atoms with Crippen molar-refractivity contribution in [1.29, 1.82) is 0 Å². The second kappa shape index (κ2) is 20.9. The van der Waals surface area contributed by atoms with Gasteiger partial charge in [-0.05, 0) is 12.8 Å². The first kappa shape index (κ1) is 31.9. The number of unbranched alkanes of at least 4 members (excludes halogenated alkanes) is 11. The molecule has 0 radical (unpaired) electrons. The molecule has 0 heterocycles. The van der Waals surface area contributed by atoms with E-state index in [1.165, 1.54) is 44.9 Å². The first-order valence-electron chi connectivity index (χ1n) is 9.98. The molecule has 4 nitrogen and oxygen atoms in total. The molecule has 0 bridgehead atoms. The first-order chi connectivity index (χ1) is 11.5. The Labute approximate surface area is 215 Å². The topological polar surface area (TPSA) is 74.6 Å². The van der Waals surface area contributed by atoms with Gasteiger partial charge in [-0.1, -0.05) is 97.3 Å². The average Bonchev–Trinajstić information content (AvgIpc) is 2.54. The average molecular weight is 391 g/mol. The summed E-state index contributed by atoms with van der Waals surface area (Å²) in [6.45, 7) is 4.25. The third-order valence-electron chi connectivity index (χ3n) is 4.98. The van der Waals surface area contributed by atoms with Crippen molar-refractivity contribution in [2.75, 3.05) is 0 Å². The van der Waals surface area contributed by atoms with E-state index in [1.54, 1.807) is 0 Å². The Morgan fingerprint density at radius 2 is 0.885 bits per heavy atom. The van der Waals surface area contributed by atoms with E-state index in [9.17, 15) is 19.8 Å². The van der Waals surface area contributed by atoms with Gasteiger partial charge in [0.15, 0.2) is 5.41 Å². The summed E-state index contributed by atoms with van der Waals surface area (Å²) in [6.07, 6.45) is 14.7. The number of hydrogen-bond donors (Lipinski definition) is 2. The first-order valence-corrected chi connectivity index (χ1v) is 9.98. The molecule has 0 amide bonds. The second-order valence-electron chi connectivity index (χ2n) is 7.08. The van der Waals surface area contributed by atoms with Crippen LogP contribution >= 0.6 is 0 Å². The van der Waals surface area contributed by atoms with E-state index in [4.69, 9.17) is 0 Å². The summed E-state index contributed by atoms with van der Waals surface area (Å²) in [5, 5.41) is 18.9. The van der Waals surface area contributed by atoms with E-state index in [1.807, 2.05) is 6.92 Å². The Morgan fingerprint density at radius 1 is 0.615 bits per heavy atom. The third kappa shape index (κ3) is 14.2. The van der Waals surface area contributed by atoms with Crippen LogP contribution in [-0.2, 0) is 9.59 Å². The maximum absolute atomic E-state index is 11.6. The molecule has 0 atom stereocenters. The van der Waals surface area contributed by atoms with E-state index in [0.717, 1.165) is 25.7 Å². The molecule has 0 aromatic heterocycles.